The number of fused-ring (bicyclic) bond motifs is 1. The van der Waals surface area contributed by atoms with Crippen molar-refractivity contribution in [1.29, 1.82) is 0 Å². The molecule has 3 atom stereocenters. The number of hydrogen-bond donors (Lipinski definition) is 1. The minimum atomic E-state index is -3.20. The number of benzene rings is 1. The minimum absolute atomic E-state index is 0.117. The van der Waals surface area contributed by atoms with Crippen LogP contribution in [0.3, 0.4) is 0 Å². The smallest absolute Gasteiger partial charge is 0.321 e. The van der Waals surface area contributed by atoms with E-state index in [9.17, 15) is 13.2 Å². The highest BCUT2D eigenvalue weighted by molar-refractivity contribution is 7.88. The molecule has 1 aromatic heterocycles. The van der Waals surface area contributed by atoms with Crippen molar-refractivity contribution in [3.05, 3.63) is 57.8 Å². The van der Waals surface area contributed by atoms with E-state index >= 15 is 0 Å². The summed E-state index contributed by atoms with van der Waals surface area (Å²) < 4.78 is 25.6. The van der Waals surface area contributed by atoms with Gasteiger partial charge in [0.15, 0.2) is 0 Å². The van der Waals surface area contributed by atoms with E-state index in [1.807, 2.05) is 4.90 Å². The molecule has 218 valence electrons. The van der Waals surface area contributed by atoms with Crippen molar-refractivity contribution in [2.45, 2.75) is 56.5 Å². The lowest BCUT2D eigenvalue weighted by atomic mass is 9.79. The fourth-order valence-electron chi connectivity index (χ4n) is 6.82. The van der Waals surface area contributed by atoms with E-state index in [1.165, 1.54) is 17.4 Å². The maximum Gasteiger partial charge on any atom is 0.322 e. The average Bonchev–Trinajstić information content (AvgIpc) is 3.61. The molecule has 2 aromatic rings. The lowest BCUT2D eigenvalue weighted by Crippen LogP contribution is -2.49. The van der Waals surface area contributed by atoms with Crippen LogP contribution in [-0.4, -0.2) is 79.6 Å². The lowest BCUT2D eigenvalue weighted by Gasteiger charge is -2.40. The molecule has 0 bridgehead atoms. The van der Waals surface area contributed by atoms with Crippen LogP contribution < -0.4 is 5.32 Å². The van der Waals surface area contributed by atoms with Crippen LogP contribution in [0.25, 0.3) is 0 Å². The second kappa shape index (κ2) is 11.8. The third-order valence-corrected chi connectivity index (χ3v) is 10.6. The molecular weight excluding hydrogens is 569 g/mol. The number of hydrogen-bond acceptors (Lipinski definition) is 5. The highest BCUT2D eigenvalue weighted by atomic mass is 35.5. The van der Waals surface area contributed by atoms with E-state index in [-0.39, 0.29) is 33.7 Å². The van der Waals surface area contributed by atoms with Crippen LogP contribution in [0.1, 0.15) is 49.7 Å². The number of nitrogens with one attached hydrogen (secondary N) is 1. The van der Waals surface area contributed by atoms with Crippen molar-refractivity contribution >= 4 is 44.9 Å². The zero-order valence-electron chi connectivity index (χ0n) is 23.4. The lowest BCUT2D eigenvalue weighted by molar-refractivity contribution is 0.132. The molecule has 0 spiro atoms. The molecule has 40 heavy (non-hydrogen) atoms. The van der Waals surface area contributed by atoms with Gasteiger partial charge in [0.2, 0.25) is 10.0 Å². The van der Waals surface area contributed by atoms with E-state index in [4.69, 9.17) is 23.2 Å². The van der Waals surface area contributed by atoms with Gasteiger partial charge in [-0.05, 0) is 93.1 Å². The monoisotopic (exact) mass is 607 g/mol. The Labute approximate surface area is 248 Å². The molecule has 1 saturated heterocycles. The molecular formula is C29H39Cl2N5O3S. The van der Waals surface area contributed by atoms with Crippen molar-refractivity contribution in [2.24, 2.45) is 11.8 Å². The molecule has 8 nitrogen and oxygen atoms in total. The molecule has 2 aliphatic carbocycles. The second-order valence-corrected chi connectivity index (χ2v) is 14.9. The van der Waals surface area contributed by atoms with E-state index in [0.717, 1.165) is 45.1 Å². The molecule has 3 aliphatic rings. The quantitative estimate of drug-likeness (QED) is 0.402. The predicted octanol–water partition coefficient (Wildman–Crippen LogP) is 5.47. The summed E-state index contributed by atoms with van der Waals surface area (Å²) in [6.07, 6.45) is 6.85. The first kappa shape index (κ1) is 29.6. The number of aromatic nitrogens is 1. The van der Waals surface area contributed by atoms with Gasteiger partial charge in [0.1, 0.15) is 10.3 Å². The Morgan fingerprint density at radius 1 is 1.12 bits per heavy atom. The number of amides is 2. The molecule has 1 aromatic carbocycles. The topological polar surface area (TPSA) is 85.8 Å². The number of rotatable bonds is 8. The summed E-state index contributed by atoms with van der Waals surface area (Å²) >= 11 is 12.2. The molecule has 5 rings (SSSR count). The molecule has 2 amide bonds. The van der Waals surface area contributed by atoms with Gasteiger partial charge in [-0.2, -0.15) is 0 Å². The maximum absolute atomic E-state index is 13.7. The third-order valence-electron chi connectivity index (χ3n) is 8.93. The first-order valence-corrected chi connectivity index (χ1v) is 16.6. The van der Waals surface area contributed by atoms with E-state index in [0.29, 0.717) is 31.2 Å². The molecule has 2 saturated carbocycles. The Morgan fingerprint density at radius 2 is 1.82 bits per heavy atom. The number of urea groups is 1. The fourth-order valence-corrected chi connectivity index (χ4v) is 8.16. The standard InChI is InChI=1S/C29H39Cl2N5O3S/c1-34(2)18-21-5-4-6-22(13-21)29-10-7-25(14-23(29)17-29)36(19-20-8-11-35(12-9-20)40(3,38)39)28(37)32-24-15-26(30)33-27(31)16-24/h4-6,13,15-16,20,23,25H,7-12,14,17-19H2,1-3H3,(H,32,33,37)/t23?,25?,29-/m1/s1. The summed E-state index contributed by atoms with van der Waals surface area (Å²) in [6.45, 7) is 2.51. The van der Waals surface area contributed by atoms with Gasteiger partial charge in [-0.15, -0.1) is 0 Å². The number of nitrogens with zero attached hydrogens (tertiary/aromatic N) is 4. The average molecular weight is 609 g/mol. The van der Waals surface area contributed by atoms with Crippen molar-refractivity contribution in [3.8, 4) is 0 Å². The molecule has 2 heterocycles. The highest BCUT2D eigenvalue weighted by Gasteiger charge is 2.58. The Morgan fingerprint density at radius 3 is 2.45 bits per heavy atom. The number of piperidine rings is 1. The van der Waals surface area contributed by atoms with Gasteiger partial charge in [-0.25, -0.2) is 22.5 Å². The van der Waals surface area contributed by atoms with Gasteiger partial charge in [-0.3, -0.25) is 0 Å². The van der Waals surface area contributed by atoms with E-state index in [1.54, 1.807) is 16.4 Å². The Balaban J connectivity index is 1.31. The van der Waals surface area contributed by atoms with Crippen LogP contribution in [0.4, 0.5) is 10.5 Å². The van der Waals surface area contributed by atoms with Crippen LogP contribution in [0.15, 0.2) is 36.4 Å². The van der Waals surface area contributed by atoms with Crippen molar-refractivity contribution in [2.75, 3.05) is 45.3 Å². The number of anilines is 1. The molecule has 1 N–H and O–H groups in total. The summed E-state index contributed by atoms with van der Waals surface area (Å²) in [6, 6.07) is 12.2. The van der Waals surface area contributed by atoms with Gasteiger partial charge >= 0.3 is 6.03 Å². The van der Waals surface area contributed by atoms with Crippen LogP contribution in [0.2, 0.25) is 10.3 Å². The number of carbonyl (C=O) groups is 1. The summed E-state index contributed by atoms with van der Waals surface area (Å²) in [4.78, 5) is 21.9. The fraction of sp³-hybridized carbons (Fsp3) is 0.586. The number of sulfonamides is 1. The SMILES string of the molecule is CN(C)Cc1cccc([C@]23CCC(N(CC4CCN(S(C)(=O)=O)CC4)C(=O)Nc4cc(Cl)nc(Cl)c4)CC2C3)c1. The Bertz CT molecular complexity index is 1330. The summed E-state index contributed by atoms with van der Waals surface area (Å²) in [5, 5.41) is 3.45. The summed E-state index contributed by atoms with van der Waals surface area (Å²) in [5.41, 5.74) is 3.50. The van der Waals surface area contributed by atoms with Crippen molar-refractivity contribution < 1.29 is 13.2 Å². The van der Waals surface area contributed by atoms with Crippen LogP contribution in [-0.2, 0) is 22.0 Å². The van der Waals surface area contributed by atoms with Crippen molar-refractivity contribution in [1.82, 2.24) is 19.1 Å². The van der Waals surface area contributed by atoms with E-state index in [2.05, 4.69) is 53.6 Å². The third kappa shape index (κ3) is 6.76. The minimum Gasteiger partial charge on any atom is -0.321 e. The molecule has 11 heteroatoms. The number of halogens is 2. The van der Waals surface area contributed by atoms with Crippen LogP contribution in [0.5, 0.6) is 0 Å². The molecule has 3 fully saturated rings. The number of pyridine rings is 1. The molecule has 2 unspecified atom stereocenters. The Hall–Kier alpha value is -1.91. The maximum atomic E-state index is 13.7. The summed E-state index contributed by atoms with van der Waals surface area (Å²) in [7, 11) is 0.982. The van der Waals surface area contributed by atoms with Gasteiger partial charge in [-0.1, -0.05) is 47.5 Å². The van der Waals surface area contributed by atoms with Gasteiger partial charge in [0.05, 0.1) is 6.26 Å². The highest BCUT2D eigenvalue weighted by Crippen LogP contribution is 2.63. The van der Waals surface area contributed by atoms with Crippen LogP contribution >= 0.6 is 23.2 Å². The summed E-state index contributed by atoms with van der Waals surface area (Å²) in [5.74, 6) is 0.787. The zero-order valence-corrected chi connectivity index (χ0v) is 25.8. The largest absolute Gasteiger partial charge is 0.322 e. The number of carbonyl (C=O) groups excluding carboxylic acids is 1. The van der Waals surface area contributed by atoms with Crippen LogP contribution in [0, 0.1) is 11.8 Å². The van der Waals surface area contributed by atoms with Gasteiger partial charge in [0.25, 0.3) is 0 Å². The van der Waals surface area contributed by atoms with Gasteiger partial charge < -0.3 is 15.1 Å². The molecule has 1 aliphatic heterocycles. The van der Waals surface area contributed by atoms with Gasteiger partial charge in [0, 0.05) is 37.9 Å². The zero-order chi connectivity index (χ0) is 28.7. The predicted molar refractivity (Wildman–Crippen MR) is 160 cm³/mol. The second-order valence-electron chi connectivity index (χ2n) is 12.1. The van der Waals surface area contributed by atoms with E-state index < -0.39 is 10.0 Å². The first-order valence-electron chi connectivity index (χ1n) is 14.0. The van der Waals surface area contributed by atoms with Crippen molar-refractivity contribution in [3.63, 3.8) is 0 Å². The first-order chi connectivity index (χ1) is 18.9. The Kier molecular flexibility index (Phi) is 8.70. The normalized spacial score (nSPS) is 25.4. The molecule has 0 radical (unpaired) electrons.